The Hall–Kier alpha value is -8.40. The number of anilines is 3. The van der Waals surface area contributed by atoms with Gasteiger partial charge in [0.1, 0.15) is 16.7 Å². The van der Waals surface area contributed by atoms with Crippen LogP contribution in [0.15, 0.2) is 233 Å². The number of rotatable bonds is 5. The van der Waals surface area contributed by atoms with Gasteiger partial charge in [0.05, 0.1) is 11.1 Å². The maximum atomic E-state index is 7.24. The SMILES string of the molecule is c1ccc(-c2ccc(-c3ccc(N(c4ccccc4)c4ccc5c(c4)C4(c6ccccc6-c6ccccc64)c4ccccc4-5)c4oc5ccc6oc7ccccc7c6c5c34)cc2)cc1. The summed E-state index contributed by atoms with van der Waals surface area (Å²) in [4.78, 5) is 2.39. The molecule has 0 fully saturated rings. The zero-order chi connectivity index (χ0) is 41.9. The third-order valence-corrected chi connectivity index (χ3v) is 13.9. The Morgan fingerprint density at radius 1 is 0.312 bits per heavy atom. The van der Waals surface area contributed by atoms with Gasteiger partial charge in [-0.3, -0.25) is 0 Å². The van der Waals surface area contributed by atoms with Crippen molar-refractivity contribution >= 4 is 60.9 Å². The predicted molar refractivity (Wildman–Crippen MR) is 263 cm³/mol. The van der Waals surface area contributed by atoms with Crippen molar-refractivity contribution in [3.05, 3.63) is 247 Å². The normalized spacial score (nSPS) is 13.1. The van der Waals surface area contributed by atoms with Gasteiger partial charge in [-0.25, -0.2) is 0 Å². The number of furan rings is 2. The van der Waals surface area contributed by atoms with Crippen molar-refractivity contribution in [1.82, 2.24) is 0 Å². The molecular formula is C61H37NO2. The van der Waals surface area contributed by atoms with Crippen LogP contribution in [0.1, 0.15) is 22.3 Å². The molecule has 64 heavy (non-hydrogen) atoms. The zero-order valence-electron chi connectivity index (χ0n) is 34.6. The van der Waals surface area contributed by atoms with Crippen molar-refractivity contribution in [2.45, 2.75) is 5.41 Å². The molecule has 14 rings (SSSR count). The van der Waals surface area contributed by atoms with Gasteiger partial charge in [0.2, 0.25) is 0 Å². The van der Waals surface area contributed by atoms with Crippen molar-refractivity contribution < 1.29 is 8.83 Å². The van der Waals surface area contributed by atoms with Crippen molar-refractivity contribution in [3.63, 3.8) is 0 Å². The van der Waals surface area contributed by atoms with Gasteiger partial charge in [0.15, 0.2) is 5.58 Å². The van der Waals surface area contributed by atoms with Crippen LogP contribution in [0.25, 0.3) is 88.4 Å². The minimum Gasteiger partial charge on any atom is -0.456 e. The van der Waals surface area contributed by atoms with Gasteiger partial charge in [0, 0.05) is 32.9 Å². The largest absolute Gasteiger partial charge is 0.456 e. The minimum atomic E-state index is -0.476. The second kappa shape index (κ2) is 13.3. The van der Waals surface area contributed by atoms with Crippen LogP contribution in [0.2, 0.25) is 0 Å². The first-order valence-electron chi connectivity index (χ1n) is 22.0. The Balaban J connectivity index is 1.05. The zero-order valence-corrected chi connectivity index (χ0v) is 34.6. The van der Waals surface area contributed by atoms with Crippen molar-refractivity contribution in [2.24, 2.45) is 0 Å². The van der Waals surface area contributed by atoms with Crippen molar-refractivity contribution in [2.75, 3.05) is 4.90 Å². The third-order valence-electron chi connectivity index (χ3n) is 13.9. The third kappa shape index (κ3) is 4.76. The molecule has 0 saturated heterocycles. The predicted octanol–water partition coefficient (Wildman–Crippen LogP) is 16.6. The molecule has 2 heterocycles. The van der Waals surface area contributed by atoms with Crippen LogP contribution in [-0.4, -0.2) is 0 Å². The van der Waals surface area contributed by atoms with E-state index in [2.05, 4.69) is 223 Å². The molecule has 0 saturated carbocycles. The highest BCUT2D eigenvalue weighted by Gasteiger charge is 2.51. The number of nitrogens with zero attached hydrogens (tertiary/aromatic N) is 1. The van der Waals surface area contributed by atoms with Gasteiger partial charge >= 0.3 is 0 Å². The Bertz CT molecular complexity index is 3780. The molecule has 10 aromatic carbocycles. The molecule has 0 amide bonds. The van der Waals surface area contributed by atoms with Gasteiger partial charge in [-0.1, -0.05) is 176 Å². The van der Waals surface area contributed by atoms with Crippen LogP contribution in [0, 0.1) is 0 Å². The van der Waals surface area contributed by atoms with E-state index < -0.39 is 5.41 Å². The van der Waals surface area contributed by atoms with Crippen LogP contribution in [0.4, 0.5) is 17.1 Å². The van der Waals surface area contributed by atoms with E-state index in [-0.39, 0.29) is 0 Å². The number of fused-ring (bicyclic) bond motifs is 17. The van der Waals surface area contributed by atoms with Crippen LogP contribution in [0.3, 0.4) is 0 Å². The molecule has 1 spiro atoms. The van der Waals surface area contributed by atoms with Gasteiger partial charge in [0.25, 0.3) is 0 Å². The molecule has 0 unspecified atom stereocenters. The minimum absolute atomic E-state index is 0.476. The molecule has 0 radical (unpaired) electrons. The molecule has 0 atom stereocenters. The standard InChI is InChI=1S/C61H37NO2/c1-3-15-38(16-4-1)39-27-29-40(30-28-39)43-33-34-53(60-58(43)59-56(64-60)36-35-55-57(59)48-22-10-14-26-54(48)63-55)62(41-17-5-2-6-18-41)42-31-32-47-46-21-9-13-25-51(46)61(52(47)37-42)49-23-11-7-19-44(49)45-20-8-12-24-50(45)61/h1-37H. The van der Waals surface area contributed by atoms with Crippen molar-refractivity contribution in [3.8, 4) is 44.5 Å². The monoisotopic (exact) mass is 815 g/mol. The summed E-state index contributed by atoms with van der Waals surface area (Å²) < 4.78 is 13.8. The van der Waals surface area contributed by atoms with Crippen LogP contribution in [-0.2, 0) is 5.41 Å². The van der Waals surface area contributed by atoms with E-state index in [1.54, 1.807) is 0 Å². The van der Waals surface area contributed by atoms with Gasteiger partial charge in [-0.2, -0.15) is 0 Å². The molecule has 298 valence electrons. The van der Waals surface area contributed by atoms with Crippen LogP contribution < -0.4 is 4.90 Å². The molecule has 2 aromatic heterocycles. The molecule has 3 heteroatoms. The molecule has 0 aliphatic heterocycles. The molecule has 12 aromatic rings. The lowest BCUT2D eigenvalue weighted by Gasteiger charge is -2.32. The molecular weight excluding hydrogens is 779 g/mol. The van der Waals surface area contributed by atoms with Gasteiger partial charge < -0.3 is 13.7 Å². The fourth-order valence-electron chi connectivity index (χ4n) is 11.3. The first kappa shape index (κ1) is 35.2. The van der Waals surface area contributed by atoms with Crippen LogP contribution >= 0.6 is 0 Å². The lowest BCUT2D eigenvalue weighted by atomic mass is 9.70. The van der Waals surface area contributed by atoms with E-state index >= 15 is 0 Å². The highest BCUT2D eigenvalue weighted by atomic mass is 16.3. The van der Waals surface area contributed by atoms with E-state index in [1.807, 2.05) is 6.07 Å². The molecule has 2 aliphatic carbocycles. The summed E-state index contributed by atoms with van der Waals surface area (Å²) >= 11 is 0. The number of hydrogen-bond acceptors (Lipinski definition) is 3. The summed E-state index contributed by atoms with van der Waals surface area (Å²) in [6.45, 7) is 0. The fraction of sp³-hybridized carbons (Fsp3) is 0.0164. The summed E-state index contributed by atoms with van der Waals surface area (Å²) in [6, 6.07) is 81.3. The Kier molecular flexibility index (Phi) is 7.32. The Labute approximate surface area is 369 Å². The number of para-hydroxylation sites is 2. The smallest absolute Gasteiger partial charge is 0.160 e. The summed E-state index contributed by atoms with van der Waals surface area (Å²) in [5, 5.41) is 4.24. The molecule has 2 aliphatic rings. The molecule has 3 nitrogen and oxygen atoms in total. The highest BCUT2D eigenvalue weighted by molar-refractivity contribution is 6.29. The average molecular weight is 816 g/mol. The lowest BCUT2D eigenvalue weighted by Crippen LogP contribution is -2.26. The average Bonchev–Trinajstić information content (AvgIpc) is 4.10. The number of hydrogen-bond donors (Lipinski definition) is 0. The number of benzene rings is 10. The van der Waals surface area contributed by atoms with Gasteiger partial charge in [-0.15, -0.1) is 0 Å². The van der Waals surface area contributed by atoms with E-state index in [0.717, 1.165) is 72.1 Å². The quantitative estimate of drug-likeness (QED) is 0.173. The van der Waals surface area contributed by atoms with Gasteiger partial charge in [-0.05, 0) is 115 Å². The second-order valence-corrected chi connectivity index (χ2v) is 17.1. The maximum absolute atomic E-state index is 7.24. The second-order valence-electron chi connectivity index (χ2n) is 17.1. The van der Waals surface area contributed by atoms with E-state index in [4.69, 9.17) is 8.83 Å². The van der Waals surface area contributed by atoms with Crippen molar-refractivity contribution in [1.29, 1.82) is 0 Å². The topological polar surface area (TPSA) is 29.5 Å². The summed E-state index contributed by atoms with van der Waals surface area (Å²) in [5.41, 5.74) is 20.9. The maximum Gasteiger partial charge on any atom is 0.160 e. The summed E-state index contributed by atoms with van der Waals surface area (Å²) in [7, 11) is 0. The summed E-state index contributed by atoms with van der Waals surface area (Å²) in [5.74, 6) is 0. The fourth-order valence-corrected chi connectivity index (χ4v) is 11.3. The Morgan fingerprint density at radius 3 is 1.53 bits per heavy atom. The first-order valence-corrected chi connectivity index (χ1v) is 22.0. The molecule has 0 bridgehead atoms. The first-order chi connectivity index (χ1) is 31.8. The molecule has 0 N–H and O–H groups in total. The van der Waals surface area contributed by atoms with Crippen LogP contribution in [0.5, 0.6) is 0 Å². The summed E-state index contributed by atoms with van der Waals surface area (Å²) in [6.07, 6.45) is 0. The Morgan fingerprint density at radius 2 is 0.844 bits per heavy atom. The lowest BCUT2D eigenvalue weighted by molar-refractivity contribution is 0.663. The van der Waals surface area contributed by atoms with E-state index in [1.165, 1.54) is 55.6 Å². The van der Waals surface area contributed by atoms with E-state index in [9.17, 15) is 0 Å². The van der Waals surface area contributed by atoms with E-state index in [0.29, 0.717) is 0 Å². The highest BCUT2D eigenvalue weighted by Crippen LogP contribution is 2.63.